The molecule has 0 aliphatic carbocycles. The quantitative estimate of drug-likeness (QED) is 0.566. The number of hydrogen-bond acceptors (Lipinski definition) is 3. The molecule has 0 spiro atoms. The summed E-state index contributed by atoms with van der Waals surface area (Å²) in [4.78, 5) is 12.6. The average Bonchev–Trinajstić information content (AvgIpc) is 2.94. The van der Waals surface area contributed by atoms with E-state index in [9.17, 15) is 9.18 Å². The number of aromatic nitrogens is 4. The van der Waals surface area contributed by atoms with Gasteiger partial charge in [-0.1, -0.05) is 48.0 Å². The molecular weight excluding hydrogens is 343 g/mol. The monoisotopic (exact) mass is 354 g/mol. The normalized spacial score (nSPS) is 11.1. The first-order valence-corrected chi connectivity index (χ1v) is 7.96. The number of fused-ring (bicyclic) bond motifs is 1. The average molecular weight is 355 g/mol. The molecule has 0 bridgehead atoms. The largest absolute Gasteiger partial charge is 0.367 e. The number of hydrogen-bond donors (Lipinski definition) is 0. The number of benzene rings is 2. The summed E-state index contributed by atoms with van der Waals surface area (Å²) in [5.41, 5.74) is 1.70. The summed E-state index contributed by atoms with van der Waals surface area (Å²) >= 11 is 6.03. The van der Waals surface area contributed by atoms with E-state index >= 15 is 0 Å². The molecule has 0 atom stereocenters. The van der Waals surface area contributed by atoms with Crippen LogP contribution in [0.5, 0.6) is 0 Å². The number of nitrogens with zero attached hydrogens (tertiary/aromatic N) is 4. The minimum absolute atomic E-state index is 0.0611. The van der Waals surface area contributed by atoms with E-state index < -0.39 is 11.5 Å². The van der Waals surface area contributed by atoms with E-state index in [1.54, 1.807) is 18.2 Å². The second kappa shape index (κ2) is 6.14. The lowest BCUT2D eigenvalue weighted by atomic mass is 10.1. The second-order valence-electron chi connectivity index (χ2n) is 5.50. The van der Waals surface area contributed by atoms with E-state index in [1.165, 1.54) is 16.6 Å². The van der Waals surface area contributed by atoms with Crippen LogP contribution < -0.4 is 5.69 Å². The van der Waals surface area contributed by atoms with Gasteiger partial charge in [-0.15, -0.1) is 5.10 Å². The van der Waals surface area contributed by atoms with Gasteiger partial charge >= 0.3 is 5.69 Å². The second-order valence-corrected chi connectivity index (χ2v) is 5.90. The van der Waals surface area contributed by atoms with Gasteiger partial charge in [-0.25, -0.2) is 13.9 Å². The summed E-state index contributed by atoms with van der Waals surface area (Å²) in [6.07, 6.45) is 0. The van der Waals surface area contributed by atoms with Crippen LogP contribution in [0.3, 0.4) is 0 Å². The topological polar surface area (TPSA) is 52.2 Å². The predicted octanol–water partition coefficient (Wildman–Crippen LogP) is 3.40. The van der Waals surface area contributed by atoms with Gasteiger partial charge in [0, 0.05) is 16.1 Å². The van der Waals surface area contributed by atoms with Crippen LogP contribution in [0, 0.1) is 5.82 Å². The minimum Gasteiger partial charge on any atom is -0.244 e. The molecule has 0 fully saturated rings. The Labute approximate surface area is 146 Å². The Hall–Kier alpha value is -2.99. The van der Waals surface area contributed by atoms with E-state index in [1.807, 2.05) is 30.3 Å². The van der Waals surface area contributed by atoms with Gasteiger partial charge in [-0.2, -0.15) is 9.61 Å². The van der Waals surface area contributed by atoms with Crippen molar-refractivity contribution >= 4 is 17.2 Å². The van der Waals surface area contributed by atoms with Crippen molar-refractivity contribution in [2.45, 2.75) is 6.54 Å². The van der Waals surface area contributed by atoms with E-state index in [4.69, 9.17) is 11.6 Å². The minimum atomic E-state index is -0.477. The molecule has 0 aliphatic rings. The van der Waals surface area contributed by atoms with Crippen LogP contribution in [0.1, 0.15) is 5.56 Å². The van der Waals surface area contributed by atoms with Crippen molar-refractivity contribution in [3.05, 3.63) is 87.6 Å². The van der Waals surface area contributed by atoms with E-state index in [0.717, 1.165) is 10.2 Å². The van der Waals surface area contributed by atoms with Crippen molar-refractivity contribution in [3.63, 3.8) is 0 Å². The molecule has 124 valence electrons. The summed E-state index contributed by atoms with van der Waals surface area (Å²) in [5.74, 6) is -0.477. The van der Waals surface area contributed by atoms with E-state index in [2.05, 4.69) is 10.2 Å². The highest BCUT2D eigenvalue weighted by molar-refractivity contribution is 6.31. The Balaban J connectivity index is 1.79. The van der Waals surface area contributed by atoms with E-state index in [-0.39, 0.29) is 17.1 Å². The standard InChI is InChI=1S/C18H12ClFN4O/c19-14-7-4-8-15(20)13(14)11-23-18(25)24-17(22-23)10-9-16(21-24)12-5-2-1-3-6-12/h1-10H,11H2. The number of halogens is 2. The molecule has 2 aromatic carbocycles. The Morgan fingerprint density at radius 1 is 0.960 bits per heavy atom. The summed E-state index contributed by atoms with van der Waals surface area (Å²) in [6, 6.07) is 17.4. The molecule has 5 nitrogen and oxygen atoms in total. The Morgan fingerprint density at radius 2 is 1.76 bits per heavy atom. The lowest BCUT2D eigenvalue weighted by molar-refractivity contribution is 0.576. The fourth-order valence-corrected chi connectivity index (χ4v) is 2.83. The van der Waals surface area contributed by atoms with Gasteiger partial charge in [0.2, 0.25) is 0 Å². The molecule has 0 radical (unpaired) electrons. The fourth-order valence-electron chi connectivity index (χ4n) is 2.61. The Morgan fingerprint density at radius 3 is 2.52 bits per heavy atom. The third-order valence-corrected chi connectivity index (χ3v) is 4.23. The smallest absolute Gasteiger partial charge is 0.244 e. The molecular formula is C18H12ClFN4O. The summed E-state index contributed by atoms with van der Waals surface area (Å²) in [6.45, 7) is -0.0611. The van der Waals surface area contributed by atoms with Gasteiger partial charge < -0.3 is 0 Å². The van der Waals surface area contributed by atoms with Gasteiger partial charge in [0.05, 0.1) is 12.2 Å². The zero-order chi connectivity index (χ0) is 17.4. The summed E-state index contributed by atoms with van der Waals surface area (Å²) < 4.78 is 16.3. The molecule has 0 aliphatic heterocycles. The van der Waals surface area contributed by atoms with Crippen LogP contribution in [-0.4, -0.2) is 19.4 Å². The van der Waals surface area contributed by atoms with Gasteiger partial charge in [-0.05, 0) is 24.3 Å². The molecule has 0 unspecified atom stereocenters. The van der Waals surface area contributed by atoms with Crippen LogP contribution >= 0.6 is 11.6 Å². The maximum absolute atomic E-state index is 14.0. The van der Waals surface area contributed by atoms with Crippen molar-refractivity contribution in [1.82, 2.24) is 19.4 Å². The van der Waals surface area contributed by atoms with E-state index in [0.29, 0.717) is 11.3 Å². The highest BCUT2D eigenvalue weighted by Gasteiger charge is 2.14. The molecule has 0 saturated heterocycles. The summed E-state index contributed by atoms with van der Waals surface area (Å²) in [7, 11) is 0. The van der Waals surface area contributed by atoms with Crippen LogP contribution in [0.4, 0.5) is 4.39 Å². The predicted molar refractivity (Wildman–Crippen MR) is 93.2 cm³/mol. The summed E-state index contributed by atoms with van der Waals surface area (Å²) in [5, 5.41) is 8.80. The van der Waals surface area contributed by atoms with Gasteiger partial charge in [0.15, 0.2) is 5.65 Å². The molecule has 4 aromatic rings. The molecule has 2 aromatic heterocycles. The van der Waals surface area contributed by atoms with Gasteiger partial charge in [-0.3, -0.25) is 0 Å². The molecule has 4 rings (SSSR count). The third-order valence-electron chi connectivity index (χ3n) is 3.88. The molecule has 0 saturated carbocycles. The van der Waals surface area contributed by atoms with Crippen LogP contribution in [0.15, 0.2) is 65.5 Å². The van der Waals surface area contributed by atoms with Crippen molar-refractivity contribution in [3.8, 4) is 11.3 Å². The molecule has 25 heavy (non-hydrogen) atoms. The van der Waals surface area contributed by atoms with Crippen molar-refractivity contribution in [2.75, 3.05) is 0 Å². The molecule has 2 heterocycles. The van der Waals surface area contributed by atoms with Crippen LogP contribution in [0.25, 0.3) is 16.9 Å². The lowest BCUT2D eigenvalue weighted by Gasteiger charge is -2.04. The molecule has 0 amide bonds. The highest BCUT2D eigenvalue weighted by atomic mass is 35.5. The number of rotatable bonds is 3. The van der Waals surface area contributed by atoms with Crippen LogP contribution in [0.2, 0.25) is 5.02 Å². The maximum Gasteiger partial charge on any atom is 0.367 e. The molecule has 7 heteroatoms. The first kappa shape index (κ1) is 15.5. The van der Waals surface area contributed by atoms with Crippen molar-refractivity contribution in [2.24, 2.45) is 0 Å². The van der Waals surface area contributed by atoms with Crippen molar-refractivity contribution < 1.29 is 4.39 Å². The first-order valence-electron chi connectivity index (χ1n) is 7.59. The zero-order valence-electron chi connectivity index (χ0n) is 12.9. The van der Waals surface area contributed by atoms with Crippen molar-refractivity contribution in [1.29, 1.82) is 0 Å². The Kier molecular flexibility index (Phi) is 3.82. The van der Waals surface area contributed by atoms with Gasteiger partial charge in [0.25, 0.3) is 0 Å². The van der Waals surface area contributed by atoms with Gasteiger partial charge in [0.1, 0.15) is 5.82 Å². The maximum atomic E-state index is 14.0. The highest BCUT2D eigenvalue weighted by Crippen LogP contribution is 2.20. The fraction of sp³-hybridized carbons (Fsp3) is 0.0556. The molecule has 0 N–H and O–H groups in total. The lowest BCUT2D eigenvalue weighted by Crippen LogP contribution is -2.23. The zero-order valence-corrected chi connectivity index (χ0v) is 13.7. The third kappa shape index (κ3) is 2.81. The Bertz CT molecular complexity index is 1100. The SMILES string of the molecule is O=c1n(Cc2c(F)cccc2Cl)nc2ccc(-c3ccccc3)nn12. The first-order chi connectivity index (χ1) is 12.1. The van der Waals surface area contributed by atoms with Crippen LogP contribution in [-0.2, 0) is 6.54 Å².